The number of aromatic nitrogens is 1. The monoisotopic (exact) mass is 255 g/mol. The second kappa shape index (κ2) is 4.21. The maximum Gasteiger partial charge on any atom is 0.348 e. The number of thiazole rings is 1. The molecule has 0 fully saturated rings. The topological polar surface area (TPSA) is 50.2 Å². The van der Waals surface area contributed by atoms with Gasteiger partial charge in [0.05, 0.1) is 10.7 Å². The van der Waals surface area contributed by atoms with Crippen LogP contribution in [0, 0.1) is 18.6 Å². The van der Waals surface area contributed by atoms with Crippen LogP contribution in [0.15, 0.2) is 18.2 Å². The number of hydrogen-bond acceptors (Lipinski definition) is 3. The Morgan fingerprint density at radius 2 is 2.12 bits per heavy atom. The summed E-state index contributed by atoms with van der Waals surface area (Å²) in [5, 5.41) is 9.44. The molecule has 0 amide bonds. The summed E-state index contributed by atoms with van der Waals surface area (Å²) in [6.07, 6.45) is 0. The number of benzene rings is 1. The highest BCUT2D eigenvalue weighted by Gasteiger charge is 2.20. The molecule has 2 aromatic rings. The highest BCUT2D eigenvalue weighted by Crippen LogP contribution is 2.30. The van der Waals surface area contributed by atoms with Gasteiger partial charge in [0.15, 0.2) is 0 Å². The molecule has 1 aromatic heterocycles. The van der Waals surface area contributed by atoms with Crippen LogP contribution in [0.4, 0.5) is 8.78 Å². The largest absolute Gasteiger partial charge is 0.477 e. The standard InChI is InChI=1S/C11H7F2NO2S/c1-5-14-9(10(17-5)11(15)16)7-4-6(12)2-3-8(7)13/h2-4H,1H3,(H,15,16). The maximum absolute atomic E-state index is 13.5. The minimum Gasteiger partial charge on any atom is -0.477 e. The van der Waals surface area contributed by atoms with E-state index in [1.54, 1.807) is 6.92 Å². The van der Waals surface area contributed by atoms with Crippen molar-refractivity contribution in [1.29, 1.82) is 0 Å². The molecular weight excluding hydrogens is 248 g/mol. The van der Waals surface area contributed by atoms with Crippen LogP contribution in [-0.2, 0) is 0 Å². The lowest BCUT2D eigenvalue weighted by atomic mass is 10.1. The van der Waals surface area contributed by atoms with Crippen LogP contribution in [0.2, 0.25) is 0 Å². The van der Waals surface area contributed by atoms with Gasteiger partial charge in [-0.3, -0.25) is 0 Å². The second-order valence-corrected chi connectivity index (χ2v) is 4.54. The predicted octanol–water partition coefficient (Wildman–Crippen LogP) is 3.09. The summed E-state index contributed by atoms with van der Waals surface area (Å²) in [4.78, 5) is 14.8. The number of aryl methyl sites for hydroxylation is 1. The Kier molecular flexibility index (Phi) is 2.89. The first kappa shape index (κ1) is 11.7. The van der Waals surface area contributed by atoms with Crippen molar-refractivity contribution >= 4 is 17.3 Å². The van der Waals surface area contributed by atoms with Crippen LogP contribution in [0.1, 0.15) is 14.7 Å². The smallest absolute Gasteiger partial charge is 0.348 e. The maximum atomic E-state index is 13.5. The van der Waals surface area contributed by atoms with Crippen LogP contribution in [0.3, 0.4) is 0 Å². The van der Waals surface area contributed by atoms with Crippen LogP contribution in [-0.4, -0.2) is 16.1 Å². The van der Waals surface area contributed by atoms with Crippen LogP contribution in [0.5, 0.6) is 0 Å². The minimum atomic E-state index is -1.20. The summed E-state index contributed by atoms with van der Waals surface area (Å²) in [5.41, 5.74) is -0.163. The fourth-order valence-corrected chi connectivity index (χ4v) is 2.21. The summed E-state index contributed by atoms with van der Waals surface area (Å²) in [5.74, 6) is -2.53. The lowest BCUT2D eigenvalue weighted by molar-refractivity contribution is 0.0702. The molecule has 0 spiro atoms. The van der Waals surface area contributed by atoms with Gasteiger partial charge in [0, 0.05) is 5.56 Å². The molecule has 1 aromatic carbocycles. The van der Waals surface area contributed by atoms with Gasteiger partial charge in [-0.2, -0.15) is 0 Å². The van der Waals surface area contributed by atoms with Gasteiger partial charge in [-0.05, 0) is 25.1 Å². The van der Waals surface area contributed by atoms with Gasteiger partial charge in [-0.15, -0.1) is 11.3 Å². The summed E-state index contributed by atoms with van der Waals surface area (Å²) >= 11 is 0.932. The normalized spacial score (nSPS) is 10.5. The molecule has 0 atom stereocenters. The first-order chi connectivity index (χ1) is 7.99. The third-order valence-corrected chi connectivity index (χ3v) is 3.07. The Balaban J connectivity index is 2.67. The minimum absolute atomic E-state index is 0.0306. The lowest BCUT2D eigenvalue weighted by Gasteiger charge is -2.01. The molecule has 17 heavy (non-hydrogen) atoms. The third-order valence-electron chi connectivity index (χ3n) is 2.11. The van der Waals surface area contributed by atoms with Crippen molar-refractivity contribution in [3.05, 3.63) is 39.7 Å². The predicted molar refractivity (Wildman–Crippen MR) is 59.2 cm³/mol. The van der Waals surface area contributed by atoms with Gasteiger partial charge in [0.1, 0.15) is 16.5 Å². The van der Waals surface area contributed by atoms with E-state index in [0.717, 1.165) is 29.5 Å². The molecule has 0 aliphatic carbocycles. The molecule has 0 saturated heterocycles. The average molecular weight is 255 g/mol. The van der Waals surface area contributed by atoms with E-state index in [4.69, 9.17) is 5.11 Å². The first-order valence-electron chi connectivity index (χ1n) is 4.65. The molecular formula is C11H7F2NO2S. The Morgan fingerprint density at radius 1 is 1.41 bits per heavy atom. The number of hydrogen-bond donors (Lipinski definition) is 1. The van der Waals surface area contributed by atoms with E-state index in [1.165, 1.54) is 0 Å². The molecule has 0 bridgehead atoms. The summed E-state index contributed by atoms with van der Waals surface area (Å²) in [7, 11) is 0. The highest BCUT2D eigenvalue weighted by atomic mass is 32.1. The summed E-state index contributed by atoms with van der Waals surface area (Å²) in [6, 6.07) is 2.86. The molecule has 3 nitrogen and oxygen atoms in total. The van der Waals surface area contributed by atoms with Crippen LogP contribution >= 0.6 is 11.3 Å². The van der Waals surface area contributed by atoms with Crippen molar-refractivity contribution < 1.29 is 18.7 Å². The first-order valence-corrected chi connectivity index (χ1v) is 5.47. The molecule has 0 unspecified atom stereocenters. The molecule has 6 heteroatoms. The Morgan fingerprint density at radius 3 is 2.76 bits per heavy atom. The second-order valence-electron chi connectivity index (χ2n) is 3.34. The van der Waals surface area contributed by atoms with Crippen molar-refractivity contribution in [3.63, 3.8) is 0 Å². The molecule has 88 valence electrons. The van der Waals surface area contributed by atoms with Gasteiger partial charge in [-0.25, -0.2) is 18.6 Å². The van der Waals surface area contributed by atoms with Crippen LogP contribution < -0.4 is 0 Å². The quantitative estimate of drug-likeness (QED) is 0.897. The number of carbonyl (C=O) groups is 1. The third kappa shape index (κ3) is 2.16. The SMILES string of the molecule is Cc1nc(-c2cc(F)ccc2F)c(C(=O)O)s1. The Bertz CT molecular complexity index is 595. The molecule has 0 aliphatic rings. The van der Waals surface area contributed by atoms with E-state index in [1.807, 2.05) is 0 Å². The van der Waals surface area contributed by atoms with Crippen molar-refractivity contribution in [2.45, 2.75) is 6.92 Å². The molecule has 0 aliphatic heterocycles. The zero-order valence-corrected chi connectivity index (χ0v) is 9.52. The van der Waals surface area contributed by atoms with E-state index >= 15 is 0 Å². The zero-order valence-electron chi connectivity index (χ0n) is 8.70. The van der Waals surface area contributed by atoms with Crippen molar-refractivity contribution in [1.82, 2.24) is 4.98 Å². The number of aromatic carboxylic acids is 1. The highest BCUT2D eigenvalue weighted by molar-refractivity contribution is 7.14. The molecule has 2 rings (SSSR count). The summed E-state index contributed by atoms with van der Waals surface area (Å²) in [6.45, 7) is 1.61. The number of rotatable bonds is 2. The van der Waals surface area contributed by atoms with E-state index in [0.29, 0.717) is 5.01 Å². The average Bonchev–Trinajstić information content (AvgIpc) is 2.64. The van der Waals surface area contributed by atoms with E-state index in [9.17, 15) is 13.6 Å². The number of halogens is 2. The molecule has 0 saturated carbocycles. The molecule has 0 radical (unpaired) electrons. The molecule has 1 N–H and O–H groups in total. The Hall–Kier alpha value is -1.82. The van der Waals surface area contributed by atoms with Gasteiger partial charge in [-0.1, -0.05) is 0 Å². The van der Waals surface area contributed by atoms with E-state index in [2.05, 4.69) is 4.98 Å². The fourth-order valence-electron chi connectivity index (χ4n) is 1.43. The lowest BCUT2D eigenvalue weighted by Crippen LogP contribution is -1.97. The van der Waals surface area contributed by atoms with Gasteiger partial charge in [0.25, 0.3) is 0 Å². The van der Waals surface area contributed by atoms with E-state index in [-0.39, 0.29) is 16.1 Å². The fraction of sp³-hybridized carbons (Fsp3) is 0.0909. The number of nitrogens with zero attached hydrogens (tertiary/aromatic N) is 1. The van der Waals surface area contributed by atoms with Crippen molar-refractivity contribution in [2.24, 2.45) is 0 Å². The zero-order chi connectivity index (χ0) is 12.6. The van der Waals surface area contributed by atoms with Gasteiger partial charge < -0.3 is 5.11 Å². The van der Waals surface area contributed by atoms with Gasteiger partial charge in [0.2, 0.25) is 0 Å². The Labute approximate surface area is 99.4 Å². The number of carboxylic acid groups (broad SMARTS) is 1. The van der Waals surface area contributed by atoms with E-state index < -0.39 is 17.6 Å². The van der Waals surface area contributed by atoms with Crippen molar-refractivity contribution in [3.8, 4) is 11.3 Å². The summed E-state index contributed by atoms with van der Waals surface area (Å²) < 4.78 is 26.5. The molecule has 1 heterocycles. The van der Waals surface area contributed by atoms with Crippen molar-refractivity contribution in [2.75, 3.05) is 0 Å². The van der Waals surface area contributed by atoms with Gasteiger partial charge >= 0.3 is 5.97 Å². The number of carboxylic acids is 1. The van der Waals surface area contributed by atoms with Crippen LogP contribution in [0.25, 0.3) is 11.3 Å².